The van der Waals surface area contributed by atoms with Gasteiger partial charge >= 0.3 is 0 Å². The number of benzene rings is 2. The Morgan fingerprint density at radius 3 is 2.12 bits per heavy atom. The molecule has 2 rings (SSSR count). The number of ether oxygens (including phenoxy) is 3. The quantitative estimate of drug-likeness (QED) is 0.724. The highest BCUT2D eigenvalue weighted by molar-refractivity contribution is 6.35. The Hall–Kier alpha value is -1.62. The van der Waals surface area contributed by atoms with E-state index in [1.165, 1.54) is 0 Å². The van der Waals surface area contributed by atoms with Gasteiger partial charge in [0.2, 0.25) is 0 Å². The van der Waals surface area contributed by atoms with E-state index in [2.05, 4.69) is 5.32 Å². The minimum atomic E-state index is 0.655. The minimum Gasteiger partial charge on any atom is -0.496 e. The second kappa shape index (κ2) is 9.02. The summed E-state index contributed by atoms with van der Waals surface area (Å²) in [4.78, 5) is 0. The molecule has 0 aliphatic rings. The van der Waals surface area contributed by atoms with Crippen LogP contribution in [-0.4, -0.2) is 27.9 Å². The van der Waals surface area contributed by atoms with E-state index in [1.54, 1.807) is 27.4 Å². The summed E-state index contributed by atoms with van der Waals surface area (Å²) >= 11 is 12.1. The molecule has 130 valence electrons. The Morgan fingerprint density at radius 1 is 0.833 bits per heavy atom. The van der Waals surface area contributed by atoms with Crippen LogP contribution in [0.25, 0.3) is 0 Å². The summed E-state index contributed by atoms with van der Waals surface area (Å²) in [5.41, 5.74) is 2.15. The molecule has 2 N–H and O–H groups in total. The maximum absolute atomic E-state index is 6.20. The lowest BCUT2D eigenvalue weighted by Gasteiger charge is -2.13. The highest BCUT2D eigenvalue weighted by Crippen LogP contribution is 2.34. The molecular weight excluding hydrogens is 349 g/mol. The zero-order chi connectivity index (χ0) is 17.5. The van der Waals surface area contributed by atoms with Gasteiger partial charge in [-0.2, -0.15) is 0 Å². The van der Waals surface area contributed by atoms with Gasteiger partial charge in [-0.05, 0) is 23.8 Å². The summed E-state index contributed by atoms with van der Waals surface area (Å²) in [6.07, 6.45) is 0.867. The second-order valence-corrected chi connectivity index (χ2v) is 6.13. The molecule has 2 aromatic carbocycles. The third-order valence-corrected chi connectivity index (χ3v) is 4.37. The van der Waals surface area contributed by atoms with Crippen molar-refractivity contribution in [3.8, 4) is 17.2 Å². The monoisotopic (exact) mass is 370 g/mol. The molecule has 0 atom stereocenters. The maximum Gasteiger partial charge on any atom is 0.164 e. The Kier molecular flexibility index (Phi) is 7.03. The van der Waals surface area contributed by atoms with Crippen molar-refractivity contribution in [1.82, 2.24) is 0 Å². The average Bonchev–Trinajstić information content (AvgIpc) is 2.59. The van der Waals surface area contributed by atoms with Crippen molar-refractivity contribution in [1.29, 1.82) is 0 Å². The van der Waals surface area contributed by atoms with E-state index < -0.39 is 0 Å². The van der Waals surface area contributed by atoms with Crippen LogP contribution in [0.2, 0.25) is 10.0 Å². The van der Waals surface area contributed by atoms with Gasteiger partial charge in [0.05, 0.1) is 33.4 Å². The molecule has 0 aliphatic carbocycles. The summed E-state index contributed by atoms with van der Waals surface area (Å²) in [5, 5.41) is 3.57. The predicted molar refractivity (Wildman–Crippen MR) is 96.8 cm³/mol. The SMILES string of the molecule is COc1cc(OC)c(OC)cc1C[NH2+]CCc1ccc(Cl)cc1Cl. The van der Waals surface area contributed by atoms with Crippen molar-refractivity contribution in [2.24, 2.45) is 0 Å². The molecule has 0 saturated heterocycles. The molecule has 0 fully saturated rings. The van der Waals surface area contributed by atoms with Crippen LogP contribution in [-0.2, 0) is 13.0 Å². The maximum atomic E-state index is 6.20. The lowest BCUT2D eigenvalue weighted by atomic mass is 10.1. The molecule has 6 heteroatoms. The molecule has 0 spiro atoms. The Bertz CT molecular complexity index is 692. The molecule has 0 aliphatic heterocycles. The van der Waals surface area contributed by atoms with E-state index in [0.29, 0.717) is 21.5 Å². The molecule has 2 aromatic rings. The van der Waals surface area contributed by atoms with Gasteiger partial charge in [0.1, 0.15) is 12.3 Å². The highest BCUT2D eigenvalue weighted by Gasteiger charge is 2.13. The van der Waals surface area contributed by atoms with Gasteiger partial charge in [-0.25, -0.2) is 0 Å². The van der Waals surface area contributed by atoms with Crippen molar-refractivity contribution in [3.63, 3.8) is 0 Å². The third-order valence-electron chi connectivity index (χ3n) is 3.78. The highest BCUT2D eigenvalue weighted by atomic mass is 35.5. The number of methoxy groups -OCH3 is 3. The van der Waals surface area contributed by atoms with E-state index in [4.69, 9.17) is 37.4 Å². The van der Waals surface area contributed by atoms with Gasteiger partial charge in [-0.15, -0.1) is 0 Å². The predicted octanol–water partition coefficient (Wildman–Crippen LogP) is 3.33. The summed E-state index contributed by atoms with van der Waals surface area (Å²) in [7, 11) is 4.89. The molecule has 4 nitrogen and oxygen atoms in total. The van der Waals surface area contributed by atoms with Crippen molar-refractivity contribution < 1.29 is 19.5 Å². The number of nitrogens with two attached hydrogens (primary N) is 1. The third kappa shape index (κ3) is 4.69. The largest absolute Gasteiger partial charge is 0.496 e. The lowest BCUT2D eigenvalue weighted by molar-refractivity contribution is -0.670. The van der Waals surface area contributed by atoms with Crippen LogP contribution in [0.15, 0.2) is 30.3 Å². The van der Waals surface area contributed by atoms with Crippen molar-refractivity contribution >= 4 is 23.2 Å². The molecule has 0 unspecified atom stereocenters. The fourth-order valence-electron chi connectivity index (χ4n) is 2.49. The average molecular weight is 371 g/mol. The standard InChI is InChI=1S/C18H21Cl2NO3/c1-22-16-10-18(24-3)17(23-2)8-13(16)11-21-7-6-12-4-5-14(19)9-15(12)20/h4-5,8-10,21H,6-7,11H2,1-3H3/p+1. The summed E-state index contributed by atoms with van der Waals surface area (Å²) in [6, 6.07) is 9.40. The molecule has 0 bridgehead atoms. The minimum absolute atomic E-state index is 0.655. The van der Waals surface area contributed by atoms with E-state index in [9.17, 15) is 0 Å². The normalized spacial score (nSPS) is 10.5. The van der Waals surface area contributed by atoms with Crippen LogP contribution in [0.1, 0.15) is 11.1 Å². The zero-order valence-electron chi connectivity index (χ0n) is 14.1. The summed E-state index contributed by atoms with van der Waals surface area (Å²) < 4.78 is 16.1. The first-order chi connectivity index (χ1) is 11.6. The van der Waals surface area contributed by atoms with Gasteiger partial charge in [0, 0.05) is 22.5 Å². The lowest BCUT2D eigenvalue weighted by Crippen LogP contribution is -2.83. The van der Waals surface area contributed by atoms with Crippen LogP contribution in [0, 0.1) is 0 Å². The zero-order valence-corrected chi connectivity index (χ0v) is 15.6. The number of hydrogen-bond donors (Lipinski definition) is 1. The molecule has 0 aromatic heterocycles. The van der Waals surface area contributed by atoms with Crippen LogP contribution in [0.4, 0.5) is 0 Å². The number of hydrogen-bond acceptors (Lipinski definition) is 3. The van der Waals surface area contributed by atoms with Crippen LogP contribution in [0.3, 0.4) is 0 Å². The Labute approximate surface area is 152 Å². The van der Waals surface area contributed by atoms with Crippen LogP contribution >= 0.6 is 23.2 Å². The van der Waals surface area contributed by atoms with Gasteiger partial charge in [-0.3, -0.25) is 0 Å². The fourth-order valence-corrected chi connectivity index (χ4v) is 2.99. The Morgan fingerprint density at radius 2 is 1.50 bits per heavy atom. The first-order valence-electron chi connectivity index (χ1n) is 7.63. The smallest absolute Gasteiger partial charge is 0.164 e. The van der Waals surface area contributed by atoms with Crippen molar-refractivity contribution in [2.75, 3.05) is 27.9 Å². The first-order valence-corrected chi connectivity index (χ1v) is 8.39. The molecule has 0 heterocycles. The van der Waals surface area contributed by atoms with Crippen molar-refractivity contribution in [3.05, 3.63) is 51.5 Å². The van der Waals surface area contributed by atoms with E-state index >= 15 is 0 Å². The van der Waals surface area contributed by atoms with E-state index in [1.807, 2.05) is 24.3 Å². The van der Waals surface area contributed by atoms with Gasteiger partial charge in [0.15, 0.2) is 11.5 Å². The first kappa shape index (κ1) is 18.7. The van der Waals surface area contributed by atoms with Gasteiger partial charge in [0.25, 0.3) is 0 Å². The fraction of sp³-hybridized carbons (Fsp3) is 0.333. The van der Waals surface area contributed by atoms with E-state index in [-0.39, 0.29) is 0 Å². The summed E-state index contributed by atoms with van der Waals surface area (Å²) in [6.45, 7) is 1.67. The summed E-state index contributed by atoms with van der Waals surface area (Å²) in [5.74, 6) is 2.14. The number of halogens is 2. The molecular formula is C18H22Cl2NO3+. The van der Waals surface area contributed by atoms with E-state index in [0.717, 1.165) is 36.4 Å². The Balaban J connectivity index is 1.98. The molecule has 0 radical (unpaired) electrons. The van der Waals surface area contributed by atoms with Gasteiger partial charge in [-0.1, -0.05) is 29.3 Å². The van der Waals surface area contributed by atoms with Gasteiger partial charge < -0.3 is 19.5 Å². The molecule has 24 heavy (non-hydrogen) atoms. The molecule has 0 amide bonds. The van der Waals surface area contributed by atoms with Crippen LogP contribution in [0.5, 0.6) is 17.2 Å². The number of quaternary nitrogens is 1. The molecule has 0 saturated carbocycles. The van der Waals surface area contributed by atoms with Crippen molar-refractivity contribution in [2.45, 2.75) is 13.0 Å². The second-order valence-electron chi connectivity index (χ2n) is 5.29. The topological polar surface area (TPSA) is 44.3 Å². The van der Waals surface area contributed by atoms with Crippen LogP contribution < -0.4 is 19.5 Å². The number of rotatable bonds is 8.